The second-order valence-electron chi connectivity index (χ2n) is 6.42. The molecule has 0 aromatic heterocycles. The molecule has 1 N–H and O–H groups in total. The fraction of sp³-hybridized carbons (Fsp3) is 0.381. The van der Waals surface area contributed by atoms with E-state index in [1.165, 1.54) is 5.56 Å². The lowest BCUT2D eigenvalue weighted by atomic mass is 10.1. The van der Waals surface area contributed by atoms with Gasteiger partial charge in [-0.1, -0.05) is 48.9 Å². The van der Waals surface area contributed by atoms with Gasteiger partial charge < -0.3 is 10.1 Å². The van der Waals surface area contributed by atoms with E-state index in [1.54, 1.807) is 0 Å². The van der Waals surface area contributed by atoms with E-state index in [4.69, 9.17) is 4.74 Å². The monoisotopic (exact) mass is 325 g/mol. The van der Waals surface area contributed by atoms with Crippen LogP contribution in [0.25, 0.3) is 0 Å². The summed E-state index contributed by atoms with van der Waals surface area (Å²) >= 11 is 0. The molecular formula is C21H27NO2. The van der Waals surface area contributed by atoms with Crippen molar-refractivity contribution in [3.05, 3.63) is 64.7 Å². The Hall–Kier alpha value is -2.29. The van der Waals surface area contributed by atoms with Crippen molar-refractivity contribution in [2.75, 3.05) is 0 Å². The van der Waals surface area contributed by atoms with Crippen molar-refractivity contribution in [2.24, 2.45) is 0 Å². The Bertz CT molecular complexity index is 691. The molecule has 0 heterocycles. The molecule has 0 radical (unpaired) electrons. The van der Waals surface area contributed by atoms with E-state index in [2.05, 4.69) is 24.4 Å². The minimum Gasteiger partial charge on any atom is -0.480 e. The molecule has 1 amide bonds. The van der Waals surface area contributed by atoms with Crippen LogP contribution in [-0.4, -0.2) is 12.0 Å². The maximum absolute atomic E-state index is 12.6. The third-order valence-corrected chi connectivity index (χ3v) is 4.21. The molecule has 3 heteroatoms. The number of carbonyl (C=O) groups excluding carboxylic acids is 1. The largest absolute Gasteiger partial charge is 0.480 e. The lowest BCUT2D eigenvalue weighted by Gasteiger charge is -2.22. The number of carbonyl (C=O) groups is 1. The summed E-state index contributed by atoms with van der Waals surface area (Å²) in [6, 6.07) is 14.2. The van der Waals surface area contributed by atoms with E-state index in [0.717, 1.165) is 22.4 Å². The third kappa shape index (κ3) is 4.60. The Morgan fingerprint density at radius 2 is 1.67 bits per heavy atom. The van der Waals surface area contributed by atoms with Crippen LogP contribution in [0.4, 0.5) is 0 Å². The summed E-state index contributed by atoms with van der Waals surface area (Å²) in [5.74, 6) is 0.700. The minimum atomic E-state index is -0.488. The summed E-state index contributed by atoms with van der Waals surface area (Å²) in [6.07, 6.45) is 0.137. The summed E-state index contributed by atoms with van der Waals surface area (Å²) in [5, 5.41) is 3.06. The van der Waals surface area contributed by atoms with Gasteiger partial charge in [0.15, 0.2) is 6.10 Å². The number of aryl methyl sites for hydroxylation is 3. The number of benzene rings is 2. The van der Waals surface area contributed by atoms with Crippen LogP contribution in [0, 0.1) is 20.8 Å². The van der Waals surface area contributed by atoms with Crippen LogP contribution in [-0.2, 0) is 4.79 Å². The molecule has 3 nitrogen and oxygen atoms in total. The Balaban J connectivity index is 2.05. The van der Waals surface area contributed by atoms with E-state index >= 15 is 0 Å². The van der Waals surface area contributed by atoms with Gasteiger partial charge in [-0.2, -0.15) is 0 Å². The Labute approximate surface area is 145 Å². The molecule has 2 atom stereocenters. The first-order valence-corrected chi connectivity index (χ1v) is 8.51. The lowest BCUT2D eigenvalue weighted by molar-refractivity contribution is -0.128. The molecule has 0 saturated carbocycles. The topological polar surface area (TPSA) is 38.3 Å². The van der Waals surface area contributed by atoms with Gasteiger partial charge in [0.2, 0.25) is 0 Å². The molecule has 2 aromatic carbocycles. The molecule has 2 aromatic rings. The van der Waals surface area contributed by atoms with Crippen LogP contribution in [0.15, 0.2) is 42.5 Å². The minimum absolute atomic E-state index is 0.0469. The maximum Gasteiger partial charge on any atom is 0.261 e. The number of rotatable bonds is 6. The first-order valence-electron chi connectivity index (χ1n) is 8.51. The first kappa shape index (κ1) is 18.1. The Morgan fingerprint density at radius 1 is 1.04 bits per heavy atom. The van der Waals surface area contributed by atoms with Gasteiger partial charge in [-0.05, 0) is 56.9 Å². The van der Waals surface area contributed by atoms with Crippen LogP contribution in [0.1, 0.15) is 48.6 Å². The zero-order valence-electron chi connectivity index (χ0n) is 15.2. The zero-order chi connectivity index (χ0) is 17.7. The average molecular weight is 325 g/mol. The molecule has 0 fully saturated rings. The van der Waals surface area contributed by atoms with Gasteiger partial charge in [-0.25, -0.2) is 0 Å². The molecular weight excluding hydrogens is 298 g/mol. The highest BCUT2D eigenvalue weighted by Gasteiger charge is 2.21. The van der Waals surface area contributed by atoms with Gasteiger partial charge in [0.1, 0.15) is 5.75 Å². The van der Waals surface area contributed by atoms with E-state index < -0.39 is 6.10 Å². The molecule has 2 rings (SSSR count). The number of hydrogen-bond acceptors (Lipinski definition) is 2. The molecule has 24 heavy (non-hydrogen) atoms. The normalized spacial score (nSPS) is 13.2. The van der Waals surface area contributed by atoms with Crippen LogP contribution in [0.3, 0.4) is 0 Å². The summed E-state index contributed by atoms with van der Waals surface area (Å²) < 4.78 is 5.98. The highest BCUT2D eigenvalue weighted by Crippen LogP contribution is 2.22. The number of nitrogens with one attached hydrogen (secondary N) is 1. The lowest BCUT2D eigenvalue weighted by Crippen LogP contribution is -2.39. The molecule has 0 spiro atoms. The second kappa shape index (κ2) is 8.00. The fourth-order valence-corrected chi connectivity index (χ4v) is 2.55. The summed E-state index contributed by atoms with van der Waals surface area (Å²) in [7, 11) is 0. The Morgan fingerprint density at radius 3 is 2.29 bits per heavy atom. The number of amides is 1. The summed E-state index contributed by atoms with van der Waals surface area (Å²) in [5.41, 5.74) is 4.47. The third-order valence-electron chi connectivity index (χ3n) is 4.21. The molecule has 0 bridgehead atoms. The quantitative estimate of drug-likeness (QED) is 0.840. The molecule has 0 unspecified atom stereocenters. The smallest absolute Gasteiger partial charge is 0.261 e. The van der Waals surface area contributed by atoms with Crippen molar-refractivity contribution < 1.29 is 9.53 Å². The van der Waals surface area contributed by atoms with Gasteiger partial charge in [0.05, 0.1) is 6.04 Å². The van der Waals surface area contributed by atoms with Crippen molar-refractivity contribution in [3.63, 3.8) is 0 Å². The molecule has 0 saturated heterocycles. The SMILES string of the molecule is CC[C@H](Oc1cc(C)ccc1C)C(=O)N[C@@H](C)c1ccc(C)cc1. The standard InChI is InChI=1S/C21H27NO2/c1-6-19(24-20-13-15(3)7-10-16(20)4)21(23)22-17(5)18-11-8-14(2)9-12-18/h7-13,17,19H,6H2,1-5H3,(H,22,23)/t17-,19-/m0/s1. The number of hydrogen-bond donors (Lipinski definition) is 1. The van der Waals surface area contributed by atoms with Crippen molar-refractivity contribution in [1.29, 1.82) is 0 Å². The van der Waals surface area contributed by atoms with Gasteiger partial charge in [0.25, 0.3) is 5.91 Å². The summed E-state index contributed by atoms with van der Waals surface area (Å²) in [4.78, 5) is 12.6. The van der Waals surface area contributed by atoms with Crippen LogP contribution >= 0.6 is 0 Å². The van der Waals surface area contributed by atoms with Crippen LogP contribution in [0.2, 0.25) is 0 Å². The highest BCUT2D eigenvalue weighted by molar-refractivity contribution is 5.81. The van der Waals surface area contributed by atoms with Crippen LogP contribution < -0.4 is 10.1 Å². The van der Waals surface area contributed by atoms with Crippen molar-refractivity contribution >= 4 is 5.91 Å². The zero-order valence-corrected chi connectivity index (χ0v) is 15.2. The van der Waals surface area contributed by atoms with Crippen LogP contribution in [0.5, 0.6) is 5.75 Å². The van der Waals surface area contributed by atoms with Crippen molar-refractivity contribution in [3.8, 4) is 5.75 Å². The number of ether oxygens (including phenoxy) is 1. The highest BCUT2D eigenvalue weighted by atomic mass is 16.5. The van der Waals surface area contributed by atoms with Gasteiger partial charge in [-0.15, -0.1) is 0 Å². The molecule has 0 aliphatic carbocycles. The first-order chi connectivity index (χ1) is 11.4. The predicted octanol–water partition coefficient (Wildman–Crippen LogP) is 4.65. The van der Waals surface area contributed by atoms with Gasteiger partial charge >= 0.3 is 0 Å². The van der Waals surface area contributed by atoms with E-state index in [9.17, 15) is 4.79 Å². The molecule has 0 aliphatic heterocycles. The van der Waals surface area contributed by atoms with Crippen molar-refractivity contribution in [2.45, 2.75) is 53.2 Å². The fourth-order valence-electron chi connectivity index (χ4n) is 2.55. The van der Waals surface area contributed by atoms with E-state index in [1.807, 2.05) is 58.0 Å². The van der Waals surface area contributed by atoms with Gasteiger partial charge in [0, 0.05) is 0 Å². The Kier molecular flexibility index (Phi) is 6.02. The molecule has 0 aliphatic rings. The average Bonchev–Trinajstić information content (AvgIpc) is 2.56. The molecule has 128 valence electrons. The van der Waals surface area contributed by atoms with E-state index in [-0.39, 0.29) is 11.9 Å². The maximum atomic E-state index is 12.6. The summed E-state index contributed by atoms with van der Waals surface area (Å²) in [6.45, 7) is 10.0. The second-order valence-corrected chi connectivity index (χ2v) is 6.42. The predicted molar refractivity (Wildman–Crippen MR) is 98.4 cm³/mol. The van der Waals surface area contributed by atoms with E-state index in [0.29, 0.717) is 6.42 Å². The van der Waals surface area contributed by atoms with Gasteiger partial charge in [-0.3, -0.25) is 4.79 Å². The van der Waals surface area contributed by atoms with Crippen molar-refractivity contribution in [1.82, 2.24) is 5.32 Å².